The van der Waals surface area contributed by atoms with Gasteiger partial charge in [-0.15, -0.1) is 0 Å². The Morgan fingerprint density at radius 3 is 2.63 bits per heavy atom. The smallest absolute Gasteiger partial charge is 0.283 e. The second-order valence-electron chi connectivity index (χ2n) is 7.96. The predicted octanol–water partition coefficient (Wildman–Crippen LogP) is 5.31. The van der Waals surface area contributed by atoms with Gasteiger partial charge in [0.1, 0.15) is 11.3 Å². The highest BCUT2D eigenvalue weighted by Crippen LogP contribution is 2.27. The van der Waals surface area contributed by atoms with E-state index in [9.17, 15) is 19.7 Å². The standard InChI is InChI=1S/C23H34N2O5/c1-2-3-4-8-16-24(19-11-6-5-7-12-19)23(27)15-10-17-30-22-14-9-13-21(25(28)29)20(22)18-26/h9,13-14,18-19H,2-8,10-12,15-17H2,1H3. The molecular formula is C23H34N2O5. The van der Waals surface area contributed by atoms with E-state index in [0.29, 0.717) is 25.2 Å². The summed E-state index contributed by atoms with van der Waals surface area (Å²) in [5.74, 6) is 0.354. The van der Waals surface area contributed by atoms with Crippen molar-refractivity contribution in [2.45, 2.75) is 83.6 Å². The minimum atomic E-state index is -0.597. The van der Waals surface area contributed by atoms with Gasteiger partial charge in [0.15, 0.2) is 6.29 Å². The Hall–Kier alpha value is -2.44. The maximum atomic E-state index is 12.9. The third-order valence-corrected chi connectivity index (χ3v) is 5.74. The first-order chi connectivity index (χ1) is 14.6. The molecule has 0 heterocycles. The van der Waals surface area contributed by atoms with E-state index in [0.717, 1.165) is 32.2 Å². The lowest BCUT2D eigenvalue weighted by molar-refractivity contribution is -0.385. The zero-order valence-electron chi connectivity index (χ0n) is 18.0. The molecule has 0 bridgehead atoms. The van der Waals surface area contributed by atoms with Crippen LogP contribution >= 0.6 is 0 Å². The Kier molecular flexibility index (Phi) is 10.3. The van der Waals surface area contributed by atoms with Crippen molar-refractivity contribution in [2.75, 3.05) is 13.2 Å². The van der Waals surface area contributed by atoms with Crippen molar-refractivity contribution in [1.82, 2.24) is 4.90 Å². The van der Waals surface area contributed by atoms with Gasteiger partial charge in [0.25, 0.3) is 5.69 Å². The van der Waals surface area contributed by atoms with Crippen LogP contribution in [0.15, 0.2) is 18.2 Å². The third kappa shape index (κ3) is 7.11. The van der Waals surface area contributed by atoms with E-state index in [4.69, 9.17) is 4.74 Å². The van der Waals surface area contributed by atoms with Gasteiger partial charge in [0.05, 0.1) is 11.5 Å². The minimum absolute atomic E-state index is 0.0615. The van der Waals surface area contributed by atoms with Crippen LogP contribution in [-0.4, -0.2) is 41.2 Å². The molecule has 0 atom stereocenters. The summed E-state index contributed by atoms with van der Waals surface area (Å²) >= 11 is 0. The number of unbranched alkanes of at least 4 members (excludes halogenated alkanes) is 3. The molecule has 0 unspecified atom stereocenters. The topological polar surface area (TPSA) is 89.8 Å². The number of aldehydes is 1. The summed E-state index contributed by atoms with van der Waals surface area (Å²) in [6.45, 7) is 3.24. The van der Waals surface area contributed by atoms with Crippen LogP contribution in [0, 0.1) is 10.1 Å². The second kappa shape index (κ2) is 13.0. The van der Waals surface area contributed by atoms with Crippen LogP contribution in [0.2, 0.25) is 0 Å². The zero-order valence-corrected chi connectivity index (χ0v) is 18.0. The highest BCUT2D eigenvalue weighted by molar-refractivity contribution is 5.85. The van der Waals surface area contributed by atoms with E-state index in [-0.39, 0.29) is 29.5 Å². The molecule has 2 rings (SSSR count). The van der Waals surface area contributed by atoms with Gasteiger partial charge in [-0.3, -0.25) is 19.7 Å². The maximum absolute atomic E-state index is 12.9. The fraction of sp³-hybridized carbons (Fsp3) is 0.652. The molecule has 0 spiro atoms. The molecule has 1 amide bonds. The summed E-state index contributed by atoms with van der Waals surface area (Å²) in [5, 5.41) is 11.0. The second-order valence-corrected chi connectivity index (χ2v) is 7.96. The van der Waals surface area contributed by atoms with Gasteiger partial charge in [-0.05, 0) is 31.7 Å². The molecule has 1 aromatic rings. The first-order valence-electron chi connectivity index (χ1n) is 11.2. The van der Waals surface area contributed by atoms with E-state index in [1.54, 1.807) is 6.07 Å². The van der Waals surface area contributed by atoms with Gasteiger partial charge >= 0.3 is 0 Å². The summed E-state index contributed by atoms with van der Waals surface area (Å²) in [7, 11) is 0. The number of nitro benzene ring substituents is 1. The van der Waals surface area contributed by atoms with Crippen LogP contribution in [0.5, 0.6) is 5.75 Å². The molecule has 0 radical (unpaired) electrons. The lowest BCUT2D eigenvalue weighted by Crippen LogP contribution is -2.42. The van der Waals surface area contributed by atoms with Crippen LogP contribution in [0.3, 0.4) is 0 Å². The SMILES string of the molecule is CCCCCCN(C(=O)CCCOc1cccc([N+](=O)[O-])c1C=O)C1CCCCC1. The molecule has 0 saturated heterocycles. The molecule has 1 saturated carbocycles. The van der Waals surface area contributed by atoms with Crippen molar-refractivity contribution in [2.24, 2.45) is 0 Å². The van der Waals surface area contributed by atoms with Crippen LogP contribution in [-0.2, 0) is 4.79 Å². The average Bonchev–Trinajstić information content (AvgIpc) is 2.76. The first kappa shape index (κ1) is 23.8. The molecule has 0 aromatic heterocycles. The summed E-state index contributed by atoms with van der Waals surface area (Å²) in [6.07, 6.45) is 11.7. The van der Waals surface area contributed by atoms with E-state index >= 15 is 0 Å². The Morgan fingerprint density at radius 1 is 1.20 bits per heavy atom. The van der Waals surface area contributed by atoms with Crippen LogP contribution in [0.1, 0.15) is 87.9 Å². The largest absolute Gasteiger partial charge is 0.493 e. The van der Waals surface area contributed by atoms with Gasteiger partial charge in [-0.1, -0.05) is 51.5 Å². The van der Waals surface area contributed by atoms with Crippen molar-refractivity contribution in [1.29, 1.82) is 0 Å². The third-order valence-electron chi connectivity index (χ3n) is 5.74. The van der Waals surface area contributed by atoms with E-state index in [2.05, 4.69) is 11.8 Å². The Labute approximate surface area is 178 Å². The van der Waals surface area contributed by atoms with Crippen LogP contribution in [0.25, 0.3) is 0 Å². The molecule has 1 aliphatic carbocycles. The molecule has 0 N–H and O–H groups in total. The first-order valence-corrected chi connectivity index (χ1v) is 11.2. The molecule has 30 heavy (non-hydrogen) atoms. The van der Waals surface area contributed by atoms with Gasteiger partial charge in [0, 0.05) is 25.1 Å². The Bertz CT molecular complexity index is 701. The molecule has 0 aliphatic heterocycles. The van der Waals surface area contributed by atoms with E-state index in [1.165, 1.54) is 44.2 Å². The van der Waals surface area contributed by atoms with E-state index in [1.807, 2.05) is 0 Å². The Balaban J connectivity index is 1.88. The number of carbonyl (C=O) groups is 2. The summed E-state index contributed by atoms with van der Waals surface area (Å²) < 4.78 is 5.60. The number of hydrogen-bond acceptors (Lipinski definition) is 5. The molecular weight excluding hydrogens is 384 g/mol. The number of amides is 1. The van der Waals surface area contributed by atoms with Gasteiger partial charge < -0.3 is 9.64 Å². The lowest BCUT2D eigenvalue weighted by atomic mass is 9.93. The van der Waals surface area contributed by atoms with Crippen LogP contribution in [0.4, 0.5) is 5.69 Å². The monoisotopic (exact) mass is 418 g/mol. The number of nitro groups is 1. The number of rotatable bonds is 13. The van der Waals surface area contributed by atoms with Gasteiger partial charge in [-0.2, -0.15) is 0 Å². The minimum Gasteiger partial charge on any atom is -0.493 e. The van der Waals surface area contributed by atoms with Crippen molar-refractivity contribution >= 4 is 17.9 Å². The molecule has 7 nitrogen and oxygen atoms in total. The molecule has 7 heteroatoms. The summed E-state index contributed by atoms with van der Waals surface area (Å²) in [5.41, 5.74) is -0.331. The molecule has 1 fully saturated rings. The highest BCUT2D eigenvalue weighted by atomic mass is 16.6. The Morgan fingerprint density at radius 2 is 1.97 bits per heavy atom. The normalized spacial score (nSPS) is 14.3. The number of ether oxygens (including phenoxy) is 1. The zero-order chi connectivity index (χ0) is 21.8. The number of nitrogens with zero attached hydrogens (tertiary/aromatic N) is 2. The molecule has 1 aliphatic rings. The predicted molar refractivity (Wildman–Crippen MR) is 116 cm³/mol. The molecule has 1 aromatic carbocycles. The van der Waals surface area contributed by atoms with Crippen molar-refractivity contribution in [3.63, 3.8) is 0 Å². The number of benzene rings is 1. The fourth-order valence-electron chi connectivity index (χ4n) is 4.10. The quantitative estimate of drug-likeness (QED) is 0.187. The average molecular weight is 419 g/mol. The summed E-state index contributed by atoms with van der Waals surface area (Å²) in [4.78, 5) is 36.7. The van der Waals surface area contributed by atoms with Crippen molar-refractivity contribution in [3.05, 3.63) is 33.9 Å². The highest BCUT2D eigenvalue weighted by Gasteiger charge is 2.25. The number of carbonyl (C=O) groups excluding carboxylic acids is 2. The molecule has 166 valence electrons. The van der Waals surface area contributed by atoms with Crippen molar-refractivity contribution in [3.8, 4) is 5.75 Å². The fourth-order valence-corrected chi connectivity index (χ4v) is 4.10. The van der Waals surface area contributed by atoms with Crippen molar-refractivity contribution < 1.29 is 19.2 Å². The van der Waals surface area contributed by atoms with Crippen LogP contribution < -0.4 is 4.74 Å². The lowest BCUT2D eigenvalue weighted by Gasteiger charge is -2.34. The summed E-state index contributed by atoms with van der Waals surface area (Å²) in [6, 6.07) is 4.67. The van der Waals surface area contributed by atoms with E-state index < -0.39 is 4.92 Å². The van der Waals surface area contributed by atoms with Gasteiger partial charge in [0.2, 0.25) is 5.91 Å². The van der Waals surface area contributed by atoms with Gasteiger partial charge in [-0.25, -0.2) is 0 Å². The maximum Gasteiger partial charge on any atom is 0.283 e. The number of hydrogen-bond donors (Lipinski definition) is 0.